The number of aliphatic carboxylic acids is 1. The van der Waals surface area contributed by atoms with Crippen LogP contribution in [0, 0.1) is 5.92 Å². The molecule has 0 bridgehead atoms. The van der Waals surface area contributed by atoms with Gasteiger partial charge in [-0.25, -0.2) is 13.2 Å². The number of para-hydroxylation sites is 3. The molecule has 1 aliphatic carbocycles. The van der Waals surface area contributed by atoms with Crippen molar-refractivity contribution in [2.45, 2.75) is 42.3 Å². The minimum Gasteiger partial charge on any atom is -0.475 e. The van der Waals surface area contributed by atoms with Gasteiger partial charge < -0.3 is 25.8 Å². The van der Waals surface area contributed by atoms with Crippen LogP contribution in [-0.2, 0) is 19.6 Å². The van der Waals surface area contributed by atoms with Gasteiger partial charge in [0.2, 0.25) is 5.91 Å². The Bertz CT molecular complexity index is 1630. The molecule has 0 unspecified atom stereocenters. The summed E-state index contributed by atoms with van der Waals surface area (Å²) in [5.74, 6) is -1.95. The molecule has 0 radical (unpaired) electrons. The summed E-state index contributed by atoms with van der Waals surface area (Å²) < 4.78 is 66.3. The number of halogens is 3. The average Bonchev–Trinajstić information content (AvgIpc) is 3.82. The van der Waals surface area contributed by atoms with Crippen LogP contribution in [0.25, 0.3) is 0 Å². The first-order valence-electron chi connectivity index (χ1n) is 14.4. The molecule has 5 rings (SSSR count). The molecular weight excluding hydrogens is 629 g/mol. The Kier molecular flexibility index (Phi) is 10.9. The fraction of sp³-hybridized carbons (Fsp3) is 0.323. The molecule has 1 saturated heterocycles. The number of benzene rings is 3. The van der Waals surface area contributed by atoms with Crippen LogP contribution in [0.3, 0.4) is 0 Å². The second-order valence-electron chi connectivity index (χ2n) is 10.8. The Hall–Kier alpha value is -4.63. The van der Waals surface area contributed by atoms with Crippen molar-refractivity contribution in [2.75, 3.05) is 24.4 Å². The number of anilines is 1. The zero-order valence-electron chi connectivity index (χ0n) is 24.5. The van der Waals surface area contributed by atoms with E-state index in [0.29, 0.717) is 36.8 Å². The Morgan fingerprint density at radius 2 is 1.50 bits per heavy atom. The van der Waals surface area contributed by atoms with E-state index in [1.54, 1.807) is 36.4 Å². The number of carboxylic acids is 1. The number of alkyl halides is 3. The van der Waals surface area contributed by atoms with Gasteiger partial charge in [-0.1, -0.05) is 30.3 Å². The lowest BCUT2D eigenvalue weighted by atomic mass is 9.98. The number of nitrogens with one attached hydrogen (secondary N) is 4. The molecule has 5 N–H and O–H groups in total. The zero-order valence-corrected chi connectivity index (χ0v) is 25.3. The highest BCUT2D eigenvalue weighted by Gasteiger charge is 2.51. The Labute approximate surface area is 263 Å². The van der Waals surface area contributed by atoms with Crippen LogP contribution >= 0.6 is 0 Å². The number of ether oxygens (including phenoxy) is 1. The van der Waals surface area contributed by atoms with E-state index in [0.717, 1.165) is 25.9 Å². The summed E-state index contributed by atoms with van der Waals surface area (Å²) in [4.78, 5) is 34.6. The van der Waals surface area contributed by atoms with Crippen LogP contribution in [0.2, 0.25) is 0 Å². The third-order valence-electron chi connectivity index (χ3n) is 7.32. The molecule has 1 saturated carbocycles. The van der Waals surface area contributed by atoms with Crippen LogP contribution in [0.4, 0.5) is 18.9 Å². The van der Waals surface area contributed by atoms with Gasteiger partial charge in [-0.3, -0.25) is 14.3 Å². The first-order chi connectivity index (χ1) is 21.8. The number of hydrogen-bond donors (Lipinski definition) is 5. The zero-order chi connectivity index (χ0) is 33.4. The highest BCUT2D eigenvalue weighted by Crippen LogP contribution is 2.36. The molecule has 46 heavy (non-hydrogen) atoms. The molecular formula is C31H33F3N4O7S. The maximum atomic E-state index is 13.1. The standard InChI is InChI=1S/C29H32N4O5S.C2HF3O2/c34-27(32-29(16-17-29)28(35)31-20-21-14-18-30-19-15-21)22-10-12-24(13-11-22)39(36,37)33-25-8-4-5-9-26(25)38-23-6-2-1-3-7-23;3-2(4,5)1(6)7/h1-13,21,30,33H,14-20H2,(H,31,35)(H,32,34);(H,6,7). The summed E-state index contributed by atoms with van der Waals surface area (Å²) in [7, 11) is -3.96. The topological polar surface area (TPSA) is 163 Å². The van der Waals surface area contributed by atoms with E-state index >= 15 is 0 Å². The van der Waals surface area contributed by atoms with Crippen molar-refractivity contribution in [1.29, 1.82) is 0 Å². The van der Waals surface area contributed by atoms with Crippen LogP contribution < -0.4 is 25.4 Å². The quantitative estimate of drug-likeness (QED) is 0.215. The minimum absolute atomic E-state index is 0.00517. The highest BCUT2D eigenvalue weighted by atomic mass is 32.2. The summed E-state index contributed by atoms with van der Waals surface area (Å²) in [6.45, 7) is 2.52. The van der Waals surface area contributed by atoms with Crippen molar-refractivity contribution in [3.63, 3.8) is 0 Å². The van der Waals surface area contributed by atoms with Crippen LogP contribution in [-0.4, -0.2) is 62.7 Å². The van der Waals surface area contributed by atoms with Gasteiger partial charge in [-0.05, 0) is 93.2 Å². The second kappa shape index (κ2) is 14.6. The summed E-state index contributed by atoms with van der Waals surface area (Å²) in [5, 5.41) is 16.3. The highest BCUT2D eigenvalue weighted by molar-refractivity contribution is 7.92. The lowest BCUT2D eigenvalue weighted by Gasteiger charge is -2.24. The predicted molar refractivity (Wildman–Crippen MR) is 162 cm³/mol. The summed E-state index contributed by atoms with van der Waals surface area (Å²) in [5.41, 5.74) is -0.327. The van der Waals surface area contributed by atoms with Crippen molar-refractivity contribution in [3.8, 4) is 11.5 Å². The predicted octanol–water partition coefficient (Wildman–Crippen LogP) is 4.29. The van der Waals surface area contributed by atoms with Gasteiger partial charge in [0, 0.05) is 12.1 Å². The van der Waals surface area contributed by atoms with E-state index in [1.165, 1.54) is 24.3 Å². The van der Waals surface area contributed by atoms with Crippen LogP contribution in [0.5, 0.6) is 11.5 Å². The van der Waals surface area contributed by atoms with Gasteiger partial charge in [0.05, 0.1) is 10.6 Å². The van der Waals surface area contributed by atoms with E-state index in [1.807, 2.05) is 18.2 Å². The van der Waals surface area contributed by atoms with E-state index in [2.05, 4.69) is 20.7 Å². The number of amides is 2. The van der Waals surface area contributed by atoms with Crippen LogP contribution in [0.15, 0.2) is 83.8 Å². The van der Waals surface area contributed by atoms with Crippen molar-refractivity contribution >= 4 is 33.5 Å². The van der Waals surface area contributed by atoms with Crippen molar-refractivity contribution in [2.24, 2.45) is 5.92 Å². The third kappa shape index (κ3) is 9.44. The Balaban J connectivity index is 0.000000617. The van der Waals surface area contributed by atoms with Crippen LogP contribution in [0.1, 0.15) is 36.0 Å². The van der Waals surface area contributed by atoms with E-state index < -0.39 is 33.6 Å². The molecule has 2 fully saturated rings. The number of sulfonamides is 1. The smallest absolute Gasteiger partial charge is 0.475 e. The molecule has 3 aromatic rings. The number of piperidine rings is 1. The third-order valence-corrected chi connectivity index (χ3v) is 8.70. The molecule has 0 aromatic heterocycles. The Morgan fingerprint density at radius 3 is 2.09 bits per heavy atom. The molecule has 2 amide bonds. The first-order valence-corrected chi connectivity index (χ1v) is 15.8. The summed E-state index contributed by atoms with van der Waals surface area (Å²) in [6.07, 6.45) is -1.87. The molecule has 0 spiro atoms. The summed E-state index contributed by atoms with van der Waals surface area (Å²) in [6, 6.07) is 21.4. The summed E-state index contributed by atoms with van der Waals surface area (Å²) >= 11 is 0. The fourth-order valence-electron chi connectivity index (χ4n) is 4.56. The van der Waals surface area contributed by atoms with Gasteiger partial charge in [0.25, 0.3) is 15.9 Å². The minimum atomic E-state index is -5.08. The van der Waals surface area contributed by atoms with Crippen molar-refractivity contribution < 1.29 is 45.8 Å². The monoisotopic (exact) mass is 662 g/mol. The van der Waals surface area contributed by atoms with Gasteiger partial charge in [-0.2, -0.15) is 13.2 Å². The molecule has 2 aliphatic rings. The number of carbonyl (C=O) groups is 3. The SMILES string of the molecule is O=C(NC1(C(=O)NCC2CCNCC2)CC1)c1ccc(S(=O)(=O)Nc2ccccc2Oc2ccccc2)cc1.O=C(O)C(F)(F)F. The molecule has 1 aliphatic heterocycles. The van der Waals surface area contributed by atoms with Crippen molar-refractivity contribution in [3.05, 3.63) is 84.4 Å². The lowest BCUT2D eigenvalue weighted by Crippen LogP contribution is -2.50. The average molecular weight is 663 g/mol. The number of carboxylic acid groups (broad SMARTS) is 1. The maximum absolute atomic E-state index is 13.1. The first kappa shape index (κ1) is 34.2. The normalized spacial score (nSPS) is 15.8. The molecule has 0 atom stereocenters. The van der Waals surface area contributed by atoms with E-state index in [-0.39, 0.29) is 22.1 Å². The van der Waals surface area contributed by atoms with Gasteiger partial charge in [0.15, 0.2) is 5.75 Å². The largest absolute Gasteiger partial charge is 0.490 e. The number of carbonyl (C=O) groups excluding carboxylic acids is 2. The van der Waals surface area contributed by atoms with Crippen molar-refractivity contribution in [1.82, 2.24) is 16.0 Å². The molecule has 3 aromatic carbocycles. The molecule has 246 valence electrons. The molecule has 11 nitrogen and oxygen atoms in total. The number of rotatable bonds is 10. The second-order valence-corrected chi connectivity index (χ2v) is 12.5. The number of hydrogen-bond acceptors (Lipinski definition) is 7. The van der Waals surface area contributed by atoms with E-state index in [9.17, 15) is 31.2 Å². The Morgan fingerprint density at radius 1 is 0.913 bits per heavy atom. The van der Waals surface area contributed by atoms with Gasteiger partial charge >= 0.3 is 12.1 Å². The maximum Gasteiger partial charge on any atom is 0.490 e. The fourth-order valence-corrected chi connectivity index (χ4v) is 5.63. The molecule has 15 heteroatoms. The van der Waals surface area contributed by atoms with Gasteiger partial charge in [-0.15, -0.1) is 0 Å². The van der Waals surface area contributed by atoms with E-state index in [4.69, 9.17) is 14.6 Å². The van der Waals surface area contributed by atoms with Gasteiger partial charge in [0.1, 0.15) is 11.3 Å². The molecule has 1 heterocycles. The lowest BCUT2D eigenvalue weighted by molar-refractivity contribution is -0.192.